The zero-order valence-corrected chi connectivity index (χ0v) is 16.5. The molecule has 0 spiro atoms. The first-order chi connectivity index (χ1) is 13.5. The molecule has 0 unspecified atom stereocenters. The van der Waals surface area contributed by atoms with E-state index in [1.165, 1.54) is 0 Å². The number of hydrogen-bond donors (Lipinski definition) is 1. The number of anilines is 1. The quantitative estimate of drug-likeness (QED) is 0.706. The Morgan fingerprint density at radius 2 is 1.96 bits per heavy atom. The topological polar surface area (TPSA) is 75.7 Å². The van der Waals surface area contributed by atoms with Gasteiger partial charge in [0.05, 0.1) is 11.5 Å². The van der Waals surface area contributed by atoms with E-state index in [0.29, 0.717) is 28.6 Å². The van der Waals surface area contributed by atoms with Crippen LogP contribution in [0, 0.1) is 0 Å². The van der Waals surface area contributed by atoms with Crippen molar-refractivity contribution in [2.45, 2.75) is 6.92 Å². The van der Waals surface area contributed by atoms with Crippen LogP contribution in [-0.2, 0) is 9.59 Å². The molecule has 0 aromatic heterocycles. The fraction of sp³-hybridized carbons (Fsp3) is 0.150. The summed E-state index contributed by atoms with van der Waals surface area (Å²) < 4.78 is 5.54. The number of carbonyl (C=O) groups is 3. The molecule has 6 nitrogen and oxygen atoms in total. The van der Waals surface area contributed by atoms with E-state index in [0.717, 1.165) is 16.7 Å². The molecule has 2 aromatic rings. The van der Waals surface area contributed by atoms with Crippen molar-refractivity contribution in [1.29, 1.82) is 0 Å². The van der Waals surface area contributed by atoms with Crippen LogP contribution in [0.1, 0.15) is 12.5 Å². The van der Waals surface area contributed by atoms with Crippen LogP contribution in [0.3, 0.4) is 0 Å². The van der Waals surface area contributed by atoms with E-state index in [1.807, 2.05) is 13.0 Å². The van der Waals surface area contributed by atoms with Crippen molar-refractivity contribution < 1.29 is 19.1 Å². The molecular formula is C20H17ClN2O4S. The molecule has 1 N–H and O–H groups in total. The molecule has 0 saturated carbocycles. The van der Waals surface area contributed by atoms with Gasteiger partial charge in [0.15, 0.2) is 0 Å². The van der Waals surface area contributed by atoms with E-state index < -0.39 is 17.1 Å². The van der Waals surface area contributed by atoms with Crippen molar-refractivity contribution in [2.24, 2.45) is 0 Å². The van der Waals surface area contributed by atoms with Crippen molar-refractivity contribution in [1.82, 2.24) is 4.90 Å². The lowest BCUT2D eigenvalue weighted by molar-refractivity contribution is -0.127. The second-order valence-electron chi connectivity index (χ2n) is 5.80. The molecular weight excluding hydrogens is 400 g/mol. The number of nitrogens with zero attached hydrogens (tertiary/aromatic N) is 1. The zero-order chi connectivity index (χ0) is 20.1. The molecule has 0 radical (unpaired) electrons. The maximum Gasteiger partial charge on any atom is 0.294 e. The number of halogens is 1. The third-order valence-corrected chi connectivity index (χ3v) is 4.93. The minimum absolute atomic E-state index is 0.209. The average Bonchev–Trinajstić information content (AvgIpc) is 2.92. The van der Waals surface area contributed by atoms with E-state index in [-0.39, 0.29) is 11.4 Å². The first kappa shape index (κ1) is 20.0. The van der Waals surface area contributed by atoms with Gasteiger partial charge >= 0.3 is 0 Å². The van der Waals surface area contributed by atoms with Crippen molar-refractivity contribution in [3.8, 4) is 5.75 Å². The van der Waals surface area contributed by atoms with Crippen molar-refractivity contribution in [3.05, 3.63) is 64.0 Å². The maximum atomic E-state index is 12.6. The molecule has 1 saturated heterocycles. The summed E-state index contributed by atoms with van der Waals surface area (Å²) in [6.45, 7) is 1.94. The third kappa shape index (κ3) is 4.74. The molecule has 1 heterocycles. The number of amides is 3. The van der Waals surface area contributed by atoms with Crippen molar-refractivity contribution >= 4 is 52.2 Å². The summed E-state index contributed by atoms with van der Waals surface area (Å²) in [6.07, 6.45) is 1.55. The number of para-hydroxylation sites is 1. The van der Waals surface area contributed by atoms with Crippen LogP contribution in [0.15, 0.2) is 53.4 Å². The Balaban J connectivity index is 1.75. The van der Waals surface area contributed by atoms with Gasteiger partial charge in [-0.25, -0.2) is 0 Å². The maximum absolute atomic E-state index is 12.6. The van der Waals surface area contributed by atoms with Crippen LogP contribution in [0.25, 0.3) is 6.08 Å². The Bertz CT molecular complexity index is 946. The minimum atomic E-state index is -0.527. The summed E-state index contributed by atoms with van der Waals surface area (Å²) in [5.74, 6) is -0.423. The van der Waals surface area contributed by atoms with Gasteiger partial charge in [0.1, 0.15) is 12.3 Å². The van der Waals surface area contributed by atoms with E-state index in [9.17, 15) is 14.4 Å². The number of hydrogen-bond acceptors (Lipinski definition) is 5. The van der Waals surface area contributed by atoms with Crippen LogP contribution < -0.4 is 10.1 Å². The molecule has 0 atom stereocenters. The summed E-state index contributed by atoms with van der Waals surface area (Å²) in [5.41, 5.74) is 1.18. The Morgan fingerprint density at radius 3 is 2.68 bits per heavy atom. The number of rotatable bonds is 6. The Kier molecular flexibility index (Phi) is 6.38. The van der Waals surface area contributed by atoms with Crippen LogP contribution in [0.2, 0.25) is 5.02 Å². The predicted octanol–water partition coefficient (Wildman–Crippen LogP) is 4.41. The number of ether oxygens (including phenoxy) is 1. The predicted molar refractivity (Wildman–Crippen MR) is 110 cm³/mol. The molecule has 2 aromatic carbocycles. The van der Waals surface area contributed by atoms with Gasteiger partial charge in [0.2, 0.25) is 5.91 Å². The molecule has 1 aliphatic rings. The smallest absolute Gasteiger partial charge is 0.294 e. The monoisotopic (exact) mass is 416 g/mol. The van der Waals surface area contributed by atoms with Crippen molar-refractivity contribution in [2.75, 3.05) is 18.5 Å². The lowest BCUT2D eigenvalue weighted by atomic mass is 10.2. The Morgan fingerprint density at radius 1 is 1.21 bits per heavy atom. The number of carbonyl (C=O) groups excluding carboxylic acids is 3. The molecule has 0 aliphatic carbocycles. The molecule has 8 heteroatoms. The standard InChI is InChI=1S/C20H17ClN2O4S/c1-2-27-16-9-8-14(21)10-13(16)11-17-19(25)23(20(26)28-17)12-18(24)22-15-6-4-3-5-7-15/h3-11H,2,12H2,1H3,(H,22,24)/b17-11-. The summed E-state index contributed by atoms with van der Waals surface area (Å²) in [5, 5.41) is 2.64. The van der Waals surface area contributed by atoms with Crippen LogP contribution in [0.4, 0.5) is 10.5 Å². The van der Waals surface area contributed by atoms with Gasteiger partial charge in [0.25, 0.3) is 11.1 Å². The number of benzene rings is 2. The molecule has 3 amide bonds. The molecule has 0 bridgehead atoms. The van der Waals surface area contributed by atoms with E-state index in [1.54, 1.807) is 48.5 Å². The van der Waals surface area contributed by atoms with Gasteiger partial charge in [-0.3, -0.25) is 19.3 Å². The van der Waals surface area contributed by atoms with E-state index in [4.69, 9.17) is 16.3 Å². The number of nitrogens with one attached hydrogen (secondary N) is 1. The number of imide groups is 1. The van der Waals surface area contributed by atoms with Gasteiger partial charge in [-0.2, -0.15) is 0 Å². The second kappa shape index (κ2) is 8.95. The second-order valence-corrected chi connectivity index (χ2v) is 7.23. The zero-order valence-electron chi connectivity index (χ0n) is 15.0. The fourth-order valence-corrected chi connectivity index (χ4v) is 3.57. The van der Waals surface area contributed by atoms with E-state index in [2.05, 4.69) is 5.32 Å². The van der Waals surface area contributed by atoms with Crippen LogP contribution in [-0.4, -0.2) is 35.1 Å². The van der Waals surface area contributed by atoms with Gasteiger partial charge in [-0.15, -0.1) is 0 Å². The summed E-state index contributed by atoms with van der Waals surface area (Å²) >= 11 is 6.81. The van der Waals surface area contributed by atoms with Crippen molar-refractivity contribution in [3.63, 3.8) is 0 Å². The van der Waals surface area contributed by atoms with Crippen LogP contribution >= 0.6 is 23.4 Å². The SMILES string of the molecule is CCOc1ccc(Cl)cc1/C=C1\SC(=O)N(CC(=O)Nc2ccccc2)C1=O. The minimum Gasteiger partial charge on any atom is -0.493 e. The highest BCUT2D eigenvalue weighted by Crippen LogP contribution is 2.34. The largest absolute Gasteiger partial charge is 0.493 e. The molecule has 1 fully saturated rings. The highest BCUT2D eigenvalue weighted by atomic mass is 35.5. The van der Waals surface area contributed by atoms with Gasteiger partial charge in [-0.1, -0.05) is 29.8 Å². The highest BCUT2D eigenvalue weighted by molar-refractivity contribution is 8.18. The third-order valence-electron chi connectivity index (χ3n) is 3.79. The first-order valence-corrected chi connectivity index (χ1v) is 9.70. The molecule has 1 aliphatic heterocycles. The lowest BCUT2D eigenvalue weighted by Gasteiger charge is -2.12. The van der Waals surface area contributed by atoms with Gasteiger partial charge in [-0.05, 0) is 55.1 Å². The van der Waals surface area contributed by atoms with Crippen LogP contribution in [0.5, 0.6) is 5.75 Å². The van der Waals surface area contributed by atoms with Gasteiger partial charge in [0, 0.05) is 16.3 Å². The first-order valence-electron chi connectivity index (χ1n) is 8.50. The molecule has 144 valence electrons. The molecule has 3 rings (SSSR count). The summed E-state index contributed by atoms with van der Waals surface area (Å²) in [6, 6.07) is 13.9. The fourth-order valence-electron chi connectivity index (χ4n) is 2.56. The summed E-state index contributed by atoms with van der Waals surface area (Å²) in [4.78, 5) is 38.2. The lowest BCUT2D eigenvalue weighted by Crippen LogP contribution is -2.36. The average molecular weight is 417 g/mol. The number of thioether (sulfide) groups is 1. The van der Waals surface area contributed by atoms with Gasteiger partial charge < -0.3 is 10.1 Å². The Hall–Kier alpha value is -2.77. The highest BCUT2D eigenvalue weighted by Gasteiger charge is 2.36. The summed E-state index contributed by atoms with van der Waals surface area (Å²) in [7, 11) is 0. The van der Waals surface area contributed by atoms with E-state index >= 15 is 0 Å². The molecule has 28 heavy (non-hydrogen) atoms. The normalized spacial score (nSPS) is 15.2. The Labute approximate surface area is 171 Å².